The molecule has 1 aromatic rings. The lowest BCUT2D eigenvalue weighted by molar-refractivity contribution is 0.0651. The Morgan fingerprint density at radius 3 is 2.25 bits per heavy atom. The highest BCUT2D eigenvalue weighted by molar-refractivity contribution is 6.21. The van der Waals surface area contributed by atoms with Gasteiger partial charge in [-0.15, -0.1) is 0 Å². The molecule has 2 rings (SSSR count). The van der Waals surface area contributed by atoms with Crippen LogP contribution in [-0.2, 0) is 0 Å². The first-order valence-corrected chi connectivity index (χ1v) is 7.33. The van der Waals surface area contributed by atoms with Crippen LogP contribution >= 0.6 is 0 Å². The first kappa shape index (κ1) is 14.7. The first-order chi connectivity index (χ1) is 9.65. The van der Waals surface area contributed by atoms with Gasteiger partial charge >= 0.3 is 0 Å². The van der Waals surface area contributed by atoms with Gasteiger partial charge in [-0.3, -0.25) is 14.5 Å². The molecule has 1 unspecified atom stereocenters. The van der Waals surface area contributed by atoms with Crippen LogP contribution in [0.3, 0.4) is 0 Å². The van der Waals surface area contributed by atoms with E-state index in [1.54, 1.807) is 24.3 Å². The van der Waals surface area contributed by atoms with Gasteiger partial charge in [0.2, 0.25) is 0 Å². The molecule has 4 nitrogen and oxygen atoms in total. The van der Waals surface area contributed by atoms with Gasteiger partial charge in [0.25, 0.3) is 11.8 Å². The molecular formula is C16H22N2O2. The topological polar surface area (TPSA) is 49.4 Å². The second-order valence-corrected chi connectivity index (χ2v) is 5.26. The smallest absolute Gasteiger partial charge is 0.261 e. The standard InChI is InChI=1S/C16H22N2O2/c1-3-17-12(2)8-6-7-11-18-15(19)13-9-4-5-10-14(13)16(18)20/h4-5,9-10,12,17H,3,6-8,11H2,1-2H3. The Morgan fingerprint density at radius 2 is 1.70 bits per heavy atom. The molecule has 1 atom stereocenters. The molecule has 1 aliphatic heterocycles. The zero-order valence-electron chi connectivity index (χ0n) is 12.2. The average molecular weight is 274 g/mol. The molecule has 0 radical (unpaired) electrons. The molecule has 0 fully saturated rings. The van der Waals surface area contributed by atoms with Crippen molar-refractivity contribution >= 4 is 11.8 Å². The number of hydrogen-bond donors (Lipinski definition) is 1. The number of nitrogens with one attached hydrogen (secondary N) is 1. The molecule has 0 saturated heterocycles. The number of rotatable bonds is 7. The fourth-order valence-electron chi connectivity index (χ4n) is 2.61. The highest BCUT2D eigenvalue weighted by Crippen LogP contribution is 2.22. The van der Waals surface area contributed by atoms with Gasteiger partial charge in [0.1, 0.15) is 0 Å². The molecule has 1 aliphatic rings. The summed E-state index contributed by atoms with van der Waals surface area (Å²) in [7, 11) is 0. The third-order valence-corrected chi connectivity index (χ3v) is 3.70. The van der Waals surface area contributed by atoms with Crippen LogP contribution in [0.25, 0.3) is 0 Å². The highest BCUT2D eigenvalue weighted by Gasteiger charge is 2.34. The Labute approximate surface area is 120 Å². The summed E-state index contributed by atoms with van der Waals surface area (Å²) in [6.07, 6.45) is 2.94. The van der Waals surface area contributed by atoms with E-state index in [2.05, 4.69) is 19.2 Å². The third kappa shape index (κ3) is 3.07. The highest BCUT2D eigenvalue weighted by atomic mass is 16.2. The van der Waals surface area contributed by atoms with Crippen LogP contribution in [0.15, 0.2) is 24.3 Å². The van der Waals surface area contributed by atoms with E-state index in [1.807, 2.05) is 0 Å². The SMILES string of the molecule is CCNC(C)CCCCN1C(=O)c2ccccc2C1=O. The van der Waals surface area contributed by atoms with Crippen molar-refractivity contribution in [3.05, 3.63) is 35.4 Å². The Bertz CT molecular complexity index is 464. The van der Waals surface area contributed by atoms with Gasteiger partial charge in [0.05, 0.1) is 11.1 Å². The summed E-state index contributed by atoms with van der Waals surface area (Å²) in [5.41, 5.74) is 1.08. The molecule has 4 heteroatoms. The van der Waals surface area contributed by atoms with Crippen LogP contribution in [0.5, 0.6) is 0 Å². The van der Waals surface area contributed by atoms with Gasteiger partial charge in [-0.25, -0.2) is 0 Å². The predicted octanol–water partition coefficient (Wildman–Crippen LogP) is 2.45. The van der Waals surface area contributed by atoms with Gasteiger partial charge < -0.3 is 5.32 Å². The fraction of sp³-hybridized carbons (Fsp3) is 0.500. The van der Waals surface area contributed by atoms with E-state index in [0.29, 0.717) is 23.7 Å². The maximum absolute atomic E-state index is 12.1. The minimum atomic E-state index is -0.148. The molecule has 1 aromatic carbocycles. The second kappa shape index (κ2) is 6.66. The predicted molar refractivity (Wildman–Crippen MR) is 78.8 cm³/mol. The van der Waals surface area contributed by atoms with E-state index >= 15 is 0 Å². The number of unbranched alkanes of at least 4 members (excludes halogenated alkanes) is 1. The quantitative estimate of drug-likeness (QED) is 0.614. The van der Waals surface area contributed by atoms with Crippen molar-refractivity contribution in [3.8, 4) is 0 Å². The normalized spacial score (nSPS) is 15.6. The summed E-state index contributed by atoms with van der Waals surface area (Å²) in [6, 6.07) is 7.53. The molecule has 0 aliphatic carbocycles. The maximum Gasteiger partial charge on any atom is 0.261 e. The zero-order chi connectivity index (χ0) is 14.5. The van der Waals surface area contributed by atoms with Crippen LogP contribution in [0.2, 0.25) is 0 Å². The van der Waals surface area contributed by atoms with Crippen molar-refractivity contribution < 1.29 is 9.59 Å². The summed E-state index contributed by atoms with van der Waals surface area (Å²) in [5.74, 6) is -0.296. The van der Waals surface area contributed by atoms with Crippen LogP contribution in [0.4, 0.5) is 0 Å². The Kier molecular flexibility index (Phi) is 4.90. The molecule has 108 valence electrons. The summed E-state index contributed by atoms with van der Waals surface area (Å²) in [6.45, 7) is 5.74. The third-order valence-electron chi connectivity index (χ3n) is 3.70. The van der Waals surface area contributed by atoms with E-state index in [1.165, 1.54) is 4.90 Å². The summed E-state index contributed by atoms with van der Waals surface area (Å²) in [4.78, 5) is 25.6. The van der Waals surface area contributed by atoms with Gasteiger partial charge in [0, 0.05) is 12.6 Å². The Balaban J connectivity index is 1.84. The monoisotopic (exact) mass is 274 g/mol. The number of nitrogens with zero attached hydrogens (tertiary/aromatic N) is 1. The van der Waals surface area contributed by atoms with Crippen molar-refractivity contribution in [1.82, 2.24) is 10.2 Å². The number of carbonyl (C=O) groups is 2. The molecular weight excluding hydrogens is 252 g/mol. The molecule has 0 saturated carbocycles. The number of hydrogen-bond acceptors (Lipinski definition) is 3. The van der Waals surface area contributed by atoms with Crippen LogP contribution in [-0.4, -0.2) is 35.8 Å². The van der Waals surface area contributed by atoms with E-state index in [4.69, 9.17) is 0 Å². The molecule has 2 amide bonds. The molecule has 20 heavy (non-hydrogen) atoms. The van der Waals surface area contributed by atoms with Gasteiger partial charge in [0.15, 0.2) is 0 Å². The van der Waals surface area contributed by atoms with Crippen molar-refractivity contribution in [3.63, 3.8) is 0 Å². The molecule has 0 spiro atoms. The summed E-state index contributed by atoms with van der Waals surface area (Å²) >= 11 is 0. The fourth-order valence-corrected chi connectivity index (χ4v) is 2.61. The van der Waals surface area contributed by atoms with Crippen LogP contribution < -0.4 is 5.32 Å². The maximum atomic E-state index is 12.1. The Morgan fingerprint density at radius 1 is 1.10 bits per heavy atom. The van der Waals surface area contributed by atoms with E-state index in [0.717, 1.165) is 25.8 Å². The van der Waals surface area contributed by atoms with Crippen LogP contribution in [0.1, 0.15) is 53.8 Å². The average Bonchev–Trinajstić information content (AvgIpc) is 2.69. The number of carbonyl (C=O) groups excluding carboxylic acids is 2. The Hall–Kier alpha value is -1.68. The molecule has 1 N–H and O–H groups in total. The van der Waals surface area contributed by atoms with E-state index in [-0.39, 0.29) is 11.8 Å². The zero-order valence-corrected chi connectivity index (χ0v) is 12.2. The second-order valence-electron chi connectivity index (χ2n) is 5.26. The van der Waals surface area contributed by atoms with E-state index < -0.39 is 0 Å². The number of fused-ring (bicyclic) bond motifs is 1. The lowest BCUT2D eigenvalue weighted by atomic mass is 10.1. The summed E-state index contributed by atoms with van der Waals surface area (Å²) in [5, 5.41) is 3.36. The minimum Gasteiger partial charge on any atom is -0.315 e. The molecule has 0 bridgehead atoms. The van der Waals surface area contributed by atoms with Crippen molar-refractivity contribution in [2.45, 2.75) is 39.2 Å². The number of amides is 2. The molecule has 1 heterocycles. The molecule has 0 aromatic heterocycles. The lowest BCUT2D eigenvalue weighted by Crippen LogP contribution is -2.31. The van der Waals surface area contributed by atoms with Crippen LogP contribution in [0, 0.1) is 0 Å². The van der Waals surface area contributed by atoms with Crippen molar-refractivity contribution in [2.75, 3.05) is 13.1 Å². The largest absolute Gasteiger partial charge is 0.315 e. The van der Waals surface area contributed by atoms with Gasteiger partial charge in [-0.05, 0) is 38.4 Å². The number of imide groups is 1. The number of benzene rings is 1. The lowest BCUT2D eigenvalue weighted by Gasteiger charge is -2.15. The first-order valence-electron chi connectivity index (χ1n) is 7.33. The van der Waals surface area contributed by atoms with Crippen molar-refractivity contribution in [2.24, 2.45) is 0 Å². The minimum absolute atomic E-state index is 0.148. The summed E-state index contributed by atoms with van der Waals surface area (Å²) < 4.78 is 0. The van der Waals surface area contributed by atoms with E-state index in [9.17, 15) is 9.59 Å². The van der Waals surface area contributed by atoms with Gasteiger partial charge in [-0.2, -0.15) is 0 Å². The van der Waals surface area contributed by atoms with Crippen molar-refractivity contribution in [1.29, 1.82) is 0 Å². The van der Waals surface area contributed by atoms with Gasteiger partial charge in [-0.1, -0.05) is 25.5 Å².